The van der Waals surface area contributed by atoms with Crippen LogP contribution in [0.2, 0.25) is 5.02 Å². The van der Waals surface area contributed by atoms with E-state index in [0.717, 1.165) is 5.56 Å². The molecule has 0 aliphatic carbocycles. The Bertz CT molecular complexity index is 447. The summed E-state index contributed by atoms with van der Waals surface area (Å²) in [5.74, 6) is -0.193. The van der Waals surface area contributed by atoms with Gasteiger partial charge in [0, 0.05) is 18.1 Å². The highest BCUT2D eigenvalue weighted by molar-refractivity contribution is 6.31. The molecule has 0 aliphatic rings. The van der Waals surface area contributed by atoms with Crippen molar-refractivity contribution in [3.63, 3.8) is 0 Å². The van der Waals surface area contributed by atoms with Gasteiger partial charge in [0.15, 0.2) is 0 Å². The van der Waals surface area contributed by atoms with Crippen molar-refractivity contribution in [1.82, 2.24) is 10.6 Å². The van der Waals surface area contributed by atoms with E-state index in [2.05, 4.69) is 10.6 Å². The van der Waals surface area contributed by atoms with E-state index in [1.807, 2.05) is 32.0 Å². The van der Waals surface area contributed by atoms with Gasteiger partial charge in [0.05, 0.1) is 0 Å². The topological polar surface area (TPSA) is 58.2 Å². The van der Waals surface area contributed by atoms with Crippen molar-refractivity contribution >= 4 is 23.4 Å². The third-order valence-corrected chi connectivity index (χ3v) is 2.83. The van der Waals surface area contributed by atoms with Crippen molar-refractivity contribution < 1.29 is 9.59 Å². The maximum Gasteiger partial charge on any atom is 0.229 e. The summed E-state index contributed by atoms with van der Waals surface area (Å²) >= 11 is 5.97. The molecule has 0 unspecified atom stereocenters. The fourth-order valence-electron chi connectivity index (χ4n) is 1.42. The zero-order valence-corrected chi connectivity index (χ0v) is 12.0. The minimum atomic E-state index is -0.304. The number of rotatable bonds is 6. The second-order valence-corrected chi connectivity index (χ2v) is 5.15. The lowest BCUT2D eigenvalue weighted by Crippen LogP contribution is -2.33. The van der Waals surface area contributed by atoms with Crippen LogP contribution in [0.25, 0.3) is 0 Å². The molecule has 0 spiro atoms. The number of carbonyl (C=O) groups is 2. The van der Waals surface area contributed by atoms with Crippen LogP contribution in [0.15, 0.2) is 24.3 Å². The molecule has 5 heteroatoms. The second-order valence-electron chi connectivity index (χ2n) is 4.74. The van der Waals surface area contributed by atoms with Gasteiger partial charge < -0.3 is 10.6 Å². The molecule has 0 radical (unpaired) electrons. The molecular weight excluding hydrogens is 264 g/mol. The molecule has 0 aliphatic heterocycles. The second kappa shape index (κ2) is 7.79. The van der Waals surface area contributed by atoms with Crippen LogP contribution in [0.1, 0.15) is 25.8 Å². The van der Waals surface area contributed by atoms with Crippen molar-refractivity contribution in [3.05, 3.63) is 34.9 Å². The summed E-state index contributed by atoms with van der Waals surface area (Å²) in [6, 6.07) is 7.27. The number of amides is 2. The minimum Gasteiger partial charge on any atom is -0.355 e. The zero-order valence-electron chi connectivity index (χ0n) is 11.2. The average Bonchev–Trinajstić information content (AvgIpc) is 2.35. The van der Waals surface area contributed by atoms with Crippen LogP contribution >= 0.6 is 11.6 Å². The predicted molar refractivity (Wildman–Crippen MR) is 75.8 cm³/mol. The van der Waals surface area contributed by atoms with Gasteiger partial charge in [-0.3, -0.25) is 9.59 Å². The SMILES string of the molecule is CC(C)CNC(=O)CC(=O)NCc1ccccc1Cl. The molecule has 2 amide bonds. The highest BCUT2D eigenvalue weighted by Gasteiger charge is 2.09. The normalized spacial score (nSPS) is 10.3. The van der Waals surface area contributed by atoms with Crippen LogP contribution in [-0.2, 0) is 16.1 Å². The molecule has 19 heavy (non-hydrogen) atoms. The first-order valence-corrected chi connectivity index (χ1v) is 6.63. The smallest absolute Gasteiger partial charge is 0.229 e. The number of nitrogens with one attached hydrogen (secondary N) is 2. The van der Waals surface area contributed by atoms with Crippen molar-refractivity contribution in [2.75, 3.05) is 6.54 Å². The van der Waals surface area contributed by atoms with Gasteiger partial charge in [0.25, 0.3) is 0 Å². The quantitative estimate of drug-likeness (QED) is 0.785. The Morgan fingerprint density at radius 1 is 1.16 bits per heavy atom. The average molecular weight is 283 g/mol. The predicted octanol–water partition coefficient (Wildman–Crippen LogP) is 2.12. The summed E-state index contributed by atoms with van der Waals surface area (Å²) in [7, 11) is 0. The van der Waals surface area contributed by atoms with Crippen molar-refractivity contribution in [1.29, 1.82) is 0 Å². The summed E-state index contributed by atoms with van der Waals surface area (Å²) in [5, 5.41) is 5.97. The molecule has 0 heterocycles. The van der Waals surface area contributed by atoms with Gasteiger partial charge in [0.2, 0.25) is 11.8 Å². The van der Waals surface area contributed by atoms with Crippen LogP contribution < -0.4 is 10.6 Å². The van der Waals surface area contributed by atoms with Gasteiger partial charge in [-0.1, -0.05) is 43.6 Å². The van der Waals surface area contributed by atoms with E-state index >= 15 is 0 Å². The van der Waals surface area contributed by atoms with Gasteiger partial charge >= 0.3 is 0 Å². The lowest BCUT2D eigenvalue weighted by molar-refractivity contribution is -0.129. The van der Waals surface area contributed by atoms with E-state index < -0.39 is 0 Å². The number of hydrogen-bond donors (Lipinski definition) is 2. The van der Waals surface area contributed by atoms with Crippen molar-refractivity contribution in [2.24, 2.45) is 5.92 Å². The molecule has 0 atom stereocenters. The monoisotopic (exact) mass is 282 g/mol. The van der Waals surface area contributed by atoms with Gasteiger partial charge in [-0.15, -0.1) is 0 Å². The lowest BCUT2D eigenvalue weighted by atomic mass is 10.2. The van der Waals surface area contributed by atoms with Gasteiger partial charge in [-0.25, -0.2) is 0 Å². The number of halogens is 1. The Balaban J connectivity index is 2.32. The largest absolute Gasteiger partial charge is 0.355 e. The molecule has 1 aromatic carbocycles. The van der Waals surface area contributed by atoms with Gasteiger partial charge in [0.1, 0.15) is 6.42 Å². The first kappa shape index (κ1) is 15.5. The molecule has 0 bridgehead atoms. The Labute approximate surface area is 118 Å². The van der Waals surface area contributed by atoms with Crippen LogP contribution in [-0.4, -0.2) is 18.4 Å². The van der Waals surface area contributed by atoms with Crippen LogP contribution in [0.3, 0.4) is 0 Å². The summed E-state index contributed by atoms with van der Waals surface area (Å²) in [6.45, 7) is 4.90. The molecule has 0 aromatic heterocycles. The Morgan fingerprint density at radius 3 is 2.42 bits per heavy atom. The first-order valence-electron chi connectivity index (χ1n) is 6.26. The molecule has 4 nitrogen and oxygen atoms in total. The molecule has 0 saturated carbocycles. The number of carbonyl (C=O) groups excluding carboxylic acids is 2. The van der Waals surface area contributed by atoms with Gasteiger partial charge in [-0.05, 0) is 17.5 Å². The standard InChI is InChI=1S/C14H19ClN2O2/c1-10(2)8-16-13(18)7-14(19)17-9-11-5-3-4-6-12(11)15/h3-6,10H,7-9H2,1-2H3,(H,16,18)(H,17,19). The third kappa shape index (κ3) is 6.25. The summed E-state index contributed by atoms with van der Waals surface area (Å²) in [6.07, 6.45) is -0.156. The van der Waals surface area contributed by atoms with Gasteiger partial charge in [-0.2, -0.15) is 0 Å². The fourth-order valence-corrected chi connectivity index (χ4v) is 1.63. The molecule has 1 aromatic rings. The highest BCUT2D eigenvalue weighted by Crippen LogP contribution is 2.14. The van der Waals surface area contributed by atoms with E-state index in [9.17, 15) is 9.59 Å². The maximum absolute atomic E-state index is 11.6. The van der Waals surface area contributed by atoms with E-state index in [1.54, 1.807) is 6.07 Å². The molecular formula is C14H19ClN2O2. The van der Waals surface area contributed by atoms with Crippen LogP contribution in [0.4, 0.5) is 0 Å². The Morgan fingerprint density at radius 2 is 1.79 bits per heavy atom. The first-order chi connectivity index (χ1) is 8.99. The van der Waals surface area contributed by atoms with Crippen molar-refractivity contribution in [3.8, 4) is 0 Å². The Kier molecular flexibility index (Phi) is 6.36. The lowest BCUT2D eigenvalue weighted by Gasteiger charge is -2.09. The fraction of sp³-hybridized carbons (Fsp3) is 0.429. The molecule has 104 valence electrons. The highest BCUT2D eigenvalue weighted by atomic mass is 35.5. The van der Waals surface area contributed by atoms with Crippen LogP contribution in [0, 0.1) is 5.92 Å². The zero-order chi connectivity index (χ0) is 14.3. The molecule has 1 rings (SSSR count). The molecule has 0 fully saturated rings. The maximum atomic E-state index is 11.6. The minimum absolute atomic E-state index is 0.156. The summed E-state index contributed by atoms with van der Waals surface area (Å²) in [5.41, 5.74) is 0.833. The molecule has 0 saturated heterocycles. The van der Waals surface area contributed by atoms with E-state index in [1.165, 1.54) is 0 Å². The summed E-state index contributed by atoms with van der Waals surface area (Å²) in [4.78, 5) is 23.0. The van der Waals surface area contributed by atoms with E-state index in [4.69, 9.17) is 11.6 Å². The Hall–Kier alpha value is -1.55. The molecule has 2 N–H and O–H groups in total. The number of benzene rings is 1. The summed E-state index contributed by atoms with van der Waals surface area (Å²) < 4.78 is 0. The van der Waals surface area contributed by atoms with Crippen molar-refractivity contribution in [2.45, 2.75) is 26.8 Å². The van der Waals surface area contributed by atoms with E-state index in [-0.39, 0.29) is 18.2 Å². The third-order valence-electron chi connectivity index (χ3n) is 2.46. The van der Waals surface area contributed by atoms with Crippen LogP contribution in [0.5, 0.6) is 0 Å². The number of hydrogen-bond acceptors (Lipinski definition) is 2. The van der Waals surface area contributed by atoms with E-state index in [0.29, 0.717) is 24.0 Å².